The fourth-order valence-corrected chi connectivity index (χ4v) is 1.38. The van der Waals surface area contributed by atoms with Crippen LogP contribution < -0.4 is 10.9 Å². The molecule has 1 amide bonds. The molecule has 1 aromatic carbocycles. The number of para-hydroxylation sites is 1. The Labute approximate surface area is 97.7 Å². The van der Waals surface area contributed by atoms with Crippen molar-refractivity contribution in [1.29, 1.82) is 0 Å². The second-order valence-corrected chi connectivity index (χ2v) is 3.54. The molecule has 17 heavy (non-hydrogen) atoms. The third-order valence-electron chi connectivity index (χ3n) is 2.27. The monoisotopic (exact) mass is 229 g/mol. The number of amides is 1. The maximum atomic E-state index is 11.8. The van der Waals surface area contributed by atoms with E-state index < -0.39 is 5.91 Å². The lowest BCUT2D eigenvalue weighted by Gasteiger charge is -2.04. The van der Waals surface area contributed by atoms with Gasteiger partial charge in [0, 0.05) is 18.9 Å². The molecule has 0 spiro atoms. The van der Waals surface area contributed by atoms with E-state index in [1.807, 2.05) is 6.07 Å². The first-order valence-corrected chi connectivity index (χ1v) is 5.05. The highest BCUT2D eigenvalue weighted by molar-refractivity contribution is 6.03. The molecule has 0 fully saturated rings. The van der Waals surface area contributed by atoms with E-state index in [1.54, 1.807) is 31.3 Å². The van der Waals surface area contributed by atoms with E-state index in [-0.39, 0.29) is 11.1 Å². The zero-order valence-electron chi connectivity index (χ0n) is 9.25. The second kappa shape index (κ2) is 4.61. The molecule has 5 heteroatoms. The molecule has 0 unspecified atom stereocenters. The van der Waals surface area contributed by atoms with Crippen molar-refractivity contribution in [2.24, 2.45) is 7.05 Å². The minimum absolute atomic E-state index is 0.0267. The molecule has 1 heterocycles. The van der Waals surface area contributed by atoms with Gasteiger partial charge in [-0.05, 0) is 12.1 Å². The van der Waals surface area contributed by atoms with Crippen molar-refractivity contribution < 1.29 is 4.79 Å². The van der Waals surface area contributed by atoms with E-state index in [9.17, 15) is 9.59 Å². The molecule has 0 aliphatic rings. The number of benzene rings is 1. The number of hydrogen-bond acceptors (Lipinski definition) is 3. The van der Waals surface area contributed by atoms with Crippen LogP contribution in [0.2, 0.25) is 0 Å². The summed E-state index contributed by atoms with van der Waals surface area (Å²) in [6, 6.07) is 8.95. The molecule has 0 bridgehead atoms. The van der Waals surface area contributed by atoms with Crippen LogP contribution in [0.4, 0.5) is 5.69 Å². The van der Waals surface area contributed by atoms with Crippen molar-refractivity contribution in [3.63, 3.8) is 0 Å². The van der Waals surface area contributed by atoms with Crippen LogP contribution in [0.5, 0.6) is 0 Å². The second-order valence-electron chi connectivity index (χ2n) is 3.54. The molecular weight excluding hydrogens is 218 g/mol. The van der Waals surface area contributed by atoms with E-state index in [4.69, 9.17) is 0 Å². The number of rotatable bonds is 2. The van der Waals surface area contributed by atoms with Crippen LogP contribution in [0.1, 0.15) is 10.4 Å². The van der Waals surface area contributed by atoms with Crippen molar-refractivity contribution in [2.75, 3.05) is 5.32 Å². The highest BCUT2D eigenvalue weighted by Crippen LogP contribution is 2.06. The summed E-state index contributed by atoms with van der Waals surface area (Å²) in [4.78, 5) is 27.3. The fraction of sp³-hybridized carbons (Fsp3) is 0.0833. The van der Waals surface area contributed by atoms with Crippen LogP contribution in [0.25, 0.3) is 0 Å². The first-order chi connectivity index (χ1) is 8.18. The van der Waals surface area contributed by atoms with Crippen LogP contribution in [0, 0.1) is 0 Å². The maximum Gasteiger partial charge on any atom is 0.265 e. The van der Waals surface area contributed by atoms with Crippen molar-refractivity contribution in [2.45, 2.75) is 0 Å². The number of nitrogens with one attached hydrogen (secondary N) is 1. The largest absolute Gasteiger partial charge is 0.322 e. The smallest absolute Gasteiger partial charge is 0.265 e. The zero-order chi connectivity index (χ0) is 12.3. The normalized spacial score (nSPS) is 9.94. The number of nitrogens with zero attached hydrogens (tertiary/aromatic N) is 2. The van der Waals surface area contributed by atoms with Crippen LogP contribution in [0.15, 0.2) is 47.7 Å². The van der Waals surface area contributed by atoms with Gasteiger partial charge in [0.1, 0.15) is 5.56 Å². The van der Waals surface area contributed by atoms with Gasteiger partial charge >= 0.3 is 0 Å². The quantitative estimate of drug-likeness (QED) is 0.836. The van der Waals surface area contributed by atoms with E-state index >= 15 is 0 Å². The van der Waals surface area contributed by atoms with Crippen molar-refractivity contribution in [3.8, 4) is 0 Å². The standard InChI is InChI=1S/C12H11N3O2/c1-15-8-13-7-10(12(15)17)11(16)14-9-5-3-2-4-6-9/h2-8H,1H3,(H,14,16). The van der Waals surface area contributed by atoms with Crippen molar-refractivity contribution in [3.05, 3.63) is 58.8 Å². The Morgan fingerprint density at radius 2 is 2.00 bits per heavy atom. The predicted molar refractivity (Wildman–Crippen MR) is 63.9 cm³/mol. The van der Waals surface area contributed by atoms with Gasteiger partial charge in [0.25, 0.3) is 11.5 Å². The molecule has 5 nitrogen and oxygen atoms in total. The minimum atomic E-state index is -0.454. The van der Waals surface area contributed by atoms with Gasteiger partial charge < -0.3 is 9.88 Å². The van der Waals surface area contributed by atoms with Crippen LogP contribution in [-0.4, -0.2) is 15.5 Å². The first-order valence-electron chi connectivity index (χ1n) is 5.05. The molecule has 0 saturated heterocycles. The van der Waals surface area contributed by atoms with E-state index in [2.05, 4.69) is 10.3 Å². The summed E-state index contributed by atoms with van der Waals surface area (Å²) in [6.07, 6.45) is 2.63. The lowest BCUT2D eigenvalue weighted by Crippen LogP contribution is -2.27. The number of carbonyl (C=O) groups excluding carboxylic acids is 1. The first kappa shape index (κ1) is 11.1. The average Bonchev–Trinajstić information content (AvgIpc) is 2.34. The lowest BCUT2D eigenvalue weighted by atomic mass is 10.2. The zero-order valence-corrected chi connectivity index (χ0v) is 9.25. The maximum absolute atomic E-state index is 11.8. The van der Waals surface area contributed by atoms with Crippen LogP contribution >= 0.6 is 0 Å². The topological polar surface area (TPSA) is 64.0 Å². The van der Waals surface area contributed by atoms with Gasteiger partial charge in [-0.25, -0.2) is 4.98 Å². The summed E-state index contributed by atoms with van der Waals surface area (Å²) < 4.78 is 1.26. The third kappa shape index (κ3) is 2.39. The van der Waals surface area contributed by atoms with Gasteiger partial charge in [-0.15, -0.1) is 0 Å². The highest BCUT2D eigenvalue weighted by Gasteiger charge is 2.11. The molecule has 2 rings (SSSR count). The Balaban J connectivity index is 2.27. The molecule has 0 atom stereocenters. The third-order valence-corrected chi connectivity index (χ3v) is 2.27. The summed E-state index contributed by atoms with van der Waals surface area (Å²) in [5.74, 6) is -0.454. The number of aryl methyl sites for hydroxylation is 1. The highest BCUT2D eigenvalue weighted by atomic mass is 16.2. The number of aromatic nitrogens is 2. The Kier molecular flexibility index (Phi) is 3.00. The molecule has 0 aliphatic heterocycles. The summed E-state index contributed by atoms with van der Waals surface area (Å²) in [5.41, 5.74) is 0.302. The average molecular weight is 229 g/mol. The van der Waals surface area contributed by atoms with Gasteiger partial charge in [0.15, 0.2) is 0 Å². The molecule has 1 aromatic heterocycles. The number of carbonyl (C=O) groups is 1. The molecule has 2 aromatic rings. The fourth-order valence-electron chi connectivity index (χ4n) is 1.38. The summed E-state index contributed by atoms with van der Waals surface area (Å²) >= 11 is 0. The minimum Gasteiger partial charge on any atom is -0.322 e. The number of hydrogen-bond donors (Lipinski definition) is 1. The number of anilines is 1. The van der Waals surface area contributed by atoms with Crippen molar-refractivity contribution in [1.82, 2.24) is 9.55 Å². The van der Waals surface area contributed by atoms with Crippen molar-refractivity contribution >= 4 is 11.6 Å². The van der Waals surface area contributed by atoms with E-state index in [0.29, 0.717) is 5.69 Å². The van der Waals surface area contributed by atoms with Crippen LogP contribution in [0.3, 0.4) is 0 Å². The van der Waals surface area contributed by atoms with Crippen LogP contribution in [-0.2, 0) is 7.05 Å². The Hall–Kier alpha value is -2.43. The molecule has 0 aliphatic carbocycles. The van der Waals surface area contributed by atoms with Gasteiger partial charge in [0.05, 0.1) is 6.33 Å². The Morgan fingerprint density at radius 3 is 2.71 bits per heavy atom. The van der Waals surface area contributed by atoms with Gasteiger partial charge in [-0.3, -0.25) is 9.59 Å². The summed E-state index contributed by atoms with van der Waals surface area (Å²) in [6.45, 7) is 0. The Morgan fingerprint density at radius 1 is 1.29 bits per heavy atom. The van der Waals surface area contributed by atoms with Gasteiger partial charge in [-0.2, -0.15) is 0 Å². The van der Waals surface area contributed by atoms with Gasteiger partial charge in [0.2, 0.25) is 0 Å². The summed E-state index contributed by atoms with van der Waals surface area (Å²) in [7, 11) is 1.55. The molecule has 0 saturated carbocycles. The molecule has 1 N–H and O–H groups in total. The van der Waals surface area contributed by atoms with Gasteiger partial charge in [-0.1, -0.05) is 18.2 Å². The SMILES string of the molecule is Cn1cncc(C(=O)Nc2ccccc2)c1=O. The lowest BCUT2D eigenvalue weighted by molar-refractivity contribution is 0.102. The van der Waals surface area contributed by atoms with E-state index in [1.165, 1.54) is 17.1 Å². The molecular formula is C12H11N3O2. The van der Waals surface area contributed by atoms with E-state index in [0.717, 1.165) is 0 Å². The predicted octanol–water partition coefficient (Wildman–Crippen LogP) is 1.03. The molecule has 86 valence electrons. The summed E-state index contributed by atoms with van der Waals surface area (Å²) in [5, 5.41) is 2.63. The Bertz CT molecular complexity index is 590. The molecule has 0 radical (unpaired) electrons.